The molecule has 0 aliphatic rings. The van der Waals surface area contributed by atoms with Crippen LogP contribution in [0.15, 0.2) is 16.6 Å². The molecule has 0 unspecified atom stereocenters. The summed E-state index contributed by atoms with van der Waals surface area (Å²) in [4.78, 5) is 9.95. The number of hydrogen-bond acceptors (Lipinski definition) is 3. The number of hydrogen-bond donors (Lipinski definition) is 0. The largest absolute Gasteiger partial charge is 0.485 e. The minimum Gasteiger partial charge on any atom is -0.485 e. The molecule has 0 radical (unpaired) electrons. The van der Waals surface area contributed by atoms with E-state index < -0.39 is 16.4 Å². The van der Waals surface area contributed by atoms with Crippen molar-refractivity contribution in [2.45, 2.75) is 6.42 Å². The van der Waals surface area contributed by atoms with Crippen LogP contribution in [0.4, 0.5) is 10.1 Å². The molecule has 1 rings (SSSR count). The highest BCUT2D eigenvalue weighted by molar-refractivity contribution is 9.10. The van der Waals surface area contributed by atoms with Crippen molar-refractivity contribution in [2.75, 3.05) is 6.61 Å². The average Bonchev–Trinajstić information content (AvgIpc) is 2.20. The lowest BCUT2D eigenvalue weighted by atomic mass is 10.3. The summed E-state index contributed by atoms with van der Waals surface area (Å²) in [6.07, 6.45) is 5.34. The van der Waals surface area contributed by atoms with Crippen LogP contribution in [0.3, 0.4) is 0 Å². The Kier molecular flexibility index (Phi) is 4.26. The predicted molar refractivity (Wildman–Crippen MR) is 59.7 cm³/mol. The molecule has 0 atom stereocenters. The van der Waals surface area contributed by atoms with Crippen molar-refractivity contribution in [3.63, 3.8) is 0 Å². The fourth-order valence-corrected chi connectivity index (χ4v) is 1.57. The van der Waals surface area contributed by atoms with Crippen LogP contribution in [0.2, 0.25) is 0 Å². The van der Waals surface area contributed by atoms with Gasteiger partial charge < -0.3 is 4.74 Å². The van der Waals surface area contributed by atoms with Crippen molar-refractivity contribution < 1.29 is 14.1 Å². The van der Waals surface area contributed by atoms with Gasteiger partial charge >= 0.3 is 5.69 Å². The predicted octanol–water partition coefficient (Wildman–Crippen LogP) is 2.90. The monoisotopic (exact) mass is 287 g/mol. The molecule has 4 nitrogen and oxygen atoms in total. The summed E-state index contributed by atoms with van der Waals surface area (Å²) in [5.74, 6) is 1.62. The van der Waals surface area contributed by atoms with Crippen LogP contribution in [-0.4, -0.2) is 11.5 Å². The second kappa shape index (κ2) is 5.47. The lowest BCUT2D eigenvalue weighted by molar-refractivity contribution is -0.386. The summed E-state index contributed by atoms with van der Waals surface area (Å²) >= 11 is 3.00. The quantitative estimate of drug-likeness (QED) is 0.370. The Labute approximate surface area is 99.7 Å². The van der Waals surface area contributed by atoms with E-state index >= 15 is 0 Å². The Hall–Kier alpha value is -1.61. The van der Waals surface area contributed by atoms with Gasteiger partial charge in [0.25, 0.3) is 0 Å². The van der Waals surface area contributed by atoms with Gasteiger partial charge in [0.05, 0.1) is 22.1 Å². The molecular weight excluding hydrogens is 281 g/mol. The fraction of sp³-hybridized carbons (Fsp3) is 0.200. The molecule has 0 fully saturated rings. The number of ether oxygens (including phenoxy) is 1. The van der Waals surface area contributed by atoms with Crippen LogP contribution in [-0.2, 0) is 0 Å². The first kappa shape index (κ1) is 12.5. The lowest BCUT2D eigenvalue weighted by Gasteiger charge is -2.07. The second-order valence-electron chi connectivity index (χ2n) is 2.80. The molecule has 0 heterocycles. The van der Waals surface area contributed by atoms with Gasteiger partial charge in [0.15, 0.2) is 0 Å². The molecule has 0 amide bonds. The third-order valence-electron chi connectivity index (χ3n) is 1.68. The zero-order chi connectivity index (χ0) is 12.1. The Morgan fingerprint density at radius 1 is 1.62 bits per heavy atom. The van der Waals surface area contributed by atoms with E-state index in [9.17, 15) is 14.5 Å². The molecule has 1 aromatic rings. The van der Waals surface area contributed by atoms with E-state index in [1.165, 1.54) is 0 Å². The number of nitro groups is 1. The zero-order valence-electron chi connectivity index (χ0n) is 8.07. The molecule has 0 bridgehead atoms. The lowest BCUT2D eigenvalue weighted by Crippen LogP contribution is -2.01. The molecule has 0 aliphatic carbocycles. The number of nitrogens with zero attached hydrogens (tertiary/aromatic N) is 1. The van der Waals surface area contributed by atoms with Gasteiger partial charge in [-0.3, -0.25) is 10.1 Å². The van der Waals surface area contributed by atoms with Gasteiger partial charge in [0.2, 0.25) is 5.75 Å². The van der Waals surface area contributed by atoms with Gasteiger partial charge in [0.1, 0.15) is 5.82 Å². The molecule has 0 saturated carbocycles. The van der Waals surface area contributed by atoms with Crippen LogP contribution < -0.4 is 4.74 Å². The number of terminal acetylenes is 1. The highest BCUT2D eigenvalue weighted by atomic mass is 79.9. The van der Waals surface area contributed by atoms with Crippen LogP contribution in [0.25, 0.3) is 0 Å². The van der Waals surface area contributed by atoms with Gasteiger partial charge in [0, 0.05) is 6.42 Å². The normalized spacial score (nSPS) is 9.56. The molecule has 0 aliphatic heterocycles. The Balaban J connectivity index is 3.05. The van der Waals surface area contributed by atoms with Crippen molar-refractivity contribution in [3.8, 4) is 18.1 Å². The van der Waals surface area contributed by atoms with Gasteiger partial charge in [-0.15, -0.1) is 12.3 Å². The zero-order valence-corrected chi connectivity index (χ0v) is 9.66. The number of nitro benzene ring substituents is 1. The molecule has 1 aromatic carbocycles. The first-order chi connectivity index (χ1) is 7.56. The van der Waals surface area contributed by atoms with E-state index in [0.717, 1.165) is 12.1 Å². The van der Waals surface area contributed by atoms with Gasteiger partial charge in [-0.1, -0.05) is 0 Å². The first-order valence-electron chi connectivity index (χ1n) is 4.26. The minimum absolute atomic E-state index is 0.0124. The average molecular weight is 288 g/mol. The van der Waals surface area contributed by atoms with Crippen molar-refractivity contribution in [1.82, 2.24) is 0 Å². The Morgan fingerprint density at radius 2 is 2.31 bits per heavy atom. The van der Waals surface area contributed by atoms with E-state index in [-0.39, 0.29) is 16.8 Å². The molecule has 0 N–H and O–H groups in total. The van der Waals surface area contributed by atoms with Crippen LogP contribution >= 0.6 is 15.9 Å². The fourth-order valence-electron chi connectivity index (χ4n) is 1.04. The molecule has 6 heteroatoms. The molecule has 84 valence electrons. The summed E-state index contributed by atoms with van der Waals surface area (Å²) in [7, 11) is 0. The third kappa shape index (κ3) is 2.94. The summed E-state index contributed by atoms with van der Waals surface area (Å²) in [6, 6.07) is 1.90. The molecular formula is C10H7BrFNO3. The van der Waals surface area contributed by atoms with Crippen LogP contribution in [0.1, 0.15) is 6.42 Å². The number of benzene rings is 1. The van der Waals surface area contributed by atoms with E-state index in [0.29, 0.717) is 6.42 Å². The summed E-state index contributed by atoms with van der Waals surface area (Å²) in [5.41, 5.74) is -0.427. The second-order valence-corrected chi connectivity index (χ2v) is 3.65. The van der Waals surface area contributed by atoms with Crippen molar-refractivity contribution in [1.29, 1.82) is 0 Å². The smallest absolute Gasteiger partial charge is 0.315 e. The Bertz CT molecular complexity index is 456. The van der Waals surface area contributed by atoms with Crippen LogP contribution in [0.5, 0.6) is 5.75 Å². The summed E-state index contributed by atoms with van der Waals surface area (Å²) in [5, 5.41) is 10.7. The van der Waals surface area contributed by atoms with Crippen molar-refractivity contribution in [2.24, 2.45) is 0 Å². The maximum atomic E-state index is 12.9. The third-order valence-corrected chi connectivity index (χ3v) is 2.27. The molecule has 16 heavy (non-hydrogen) atoms. The number of halogens is 2. The molecule has 0 aromatic heterocycles. The van der Waals surface area contributed by atoms with E-state index in [4.69, 9.17) is 11.2 Å². The summed E-state index contributed by atoms with van der Waals surface area (Å²) < 4.78 is 18.3. The Morgan fingerprint density at radius 3 is 2.88 bits per heavy atom. The maximum Gasteiger partial charge on any atom is 0.315 e. The van der Waals surface area contributed by atoms with E-state index in [1.807, 2.05) is 0 Å². The summed E-state index contributed by atoms with van der Waals surface area (Å²) in [6.45, 7) is 0.140. The van der Waals surface area contributed by atoms with Gasteiger partial charge in [-0.2, -0.15) is 0 Å². The van der Waals surface area contributed by atoms with Crippen molar-refractivity contribution >= 4 is 21.6 Å². The highest BCUT2D eigenvalue weighted by Crippen LogP contribution is 2.35. The molecule has 0 saturated heterocycles. The maximum absolute atomic E-state index is 12.9. The van der Waals surface area contributed by atoms with Crippen LogP contribution in [0, 0.1) is 28.3 Å². The molecule has 0 spiro atoms. The van der Waals surface area contributed by atoms with Crippen molar-refractivity contribution in [3.05, 3.63) is 32.5 Å². The highest BCUT2D eigenvalue weighted by Gasteiger charge is 2.20. The first-order valence-corrected chi connectivity index (χ1v) is 5.05. The SMILES string of the molecule is C#CCCOc1c(Br)cc(F)cc1[N+](=O)[O-]. The topological polar surface area (TPSA) is 52.4 Å². The standard InChI is InChI=1S/C10H7BrFNO3/c1-2-3-4-16-10-8(11)5-7(12)6-9(10)13(14)15/h1,5-6H,3-4H2. The van der Waals surface area contributed by atoms with E-state index in [2.05, 4.69) is 21.9 Å². The van der Waals surface area contributed by atoms with E-state index in [1.54, 1.807) is 0 Å². The van der Waals surface area contributed by atoms with Gasteiger partial charge in [-0.25, -0.2) is 4.39 Å². The number of rotatable bonds is 4. The van der Waals surface area contributed by atoms with Gasteiger partial charge in [-0.05, 0) is 22.0 Å². The minimum atomic E-state index is -0.709.